The normalized spacial score (nSPS) is 19.8. The second-order valence-electron chi connectivity index (χ2n) is 6.66. The van der Waals surface area contributed by atoms with E-state index in [0.717, 1.165) is 25.7 Å². The van der Waals surface area contributed by atoms with E-state index in [1.54, 1.807) is 36.9 Å². The quantitative estimate of drug-likeness (QED) is 0.856. The number of hydrogen-bond acceptors (Lipinski definition) is 6. The second kappa shape index (κ2) is 8.60. The first kappa shape index (κ1) is 18.1. The fourth-order valence-electron chi connectivity index (χ4n) is 2.94. The zero-order valence-electron chi connectivity index (χ0n) is 15.1. The number of ether oxygens (including phenoxy) is 2. The van der Waals surface area contributed by atoms with Crippen LogP contribution < -0.4 is 14.8 Å². The van der Waals surface area contributed by atoms with Gasteiger partial charge in [-0.15, -0.1) is 0 Å². The summed E-state index contributed by atoms with van der Waals surface area (Å²) >= 11 is 0. The molecule has 0 radical (unpaired) electrons. The summed E-state index contributed by atoms with van der Waals surface area (Å²) in [6.45, 7) is 3.87. The molecule has 0 aromatic carbocycles. The molecular weight excluding hydrogens is 332 g/mol. The van der Waals surface area contributed by atoms with Crippen LogP contribution in [-0.2, 0) is 0 Å². The summed E-state index contributed by atoms with van der Waals surface area (Å²) in [4.78, 5) is 24.7. The van der Waals surface area contributed by atoms with Gasteiger partial charge in [0.05, 0.1) is 17.9 Å². The summed E-state index contributed by atoms with van der Waals surface area (Å²) in [5.41, 5.74) is 0.541. The van der Waals surface area contributed by atoms with Crippen molar-refractivity contribution >= 4 is 5.91 Å². The molecule has 7 heteroatoms. The number of nitrogens with zero attached hydrogens (tertiary/aromatic N) is 3. The van der Waals surface area contributed by atoms with E-state index < -0.39 is 0 Å². The van der Waals surface area contributed by atoms with Gasteiger partial charge < -0.3 is 14.8 Å². The van der Waals surface area contributed by atoms with Crippen molar-refractivity contribution in [3.63, 3.8) is 0 Å². The second-order valence-corrected chi connectivity index (χ2v) is 6.66. The van der Waals surface area contributed by atoms with Gasteiger partial charge in [-0.2, -0.15) is 0 Å². The molecule has 7 nitrogen and oxygen atoms in total. The molecule has 0 atom stereocenters. The largest absolute Gasteiger partial charge is 0.475 e. The van der Waals surface area contributed by atoms with Crippen molar-refractivity contribution < 1.29 is 14.3 Å². The number of aromatic nitrogens is 3. The summed E-state index contributed by atoms with van der Waals surface area (Å²) in [5, 5.41) is 3.08. The maximum atomic E-state index is 12.4. The monoisotopic (exact) mass is 356 g/mol. The van der Waals surface area contributed by atoms with Gasteiger partial charge in [0.2, 0.25) is 11.8 Å². The van der Waals surface area contributed by atoms with Crippen LogP contribution in [0, 0.1) is 0 Å². The lowest BCUT2D eigenvalue weighted by Gasteiger charge is -2.29. The Labute approximate surface area is 153 Å². The van der Waals surface area contributed by atoms with Crippen molar-refractivity contribution in [3.8, 4) is 11.8 Å². The Bertz CT molecular complexity index is 698. The van der Waals surface area contributed by atoms with Crippen LogP contribution in [0.1, 0.15) is 49.9 Å². The third kappa shape index (κ3) is 5.15. The Hall–Kier alpha value is -2.70. The lowest BCUT2D eigenvalue weighted by molar-refractivity contribution is 0.0889. The first-order chi connectivity index (χ1) is 12.6. The maximum absolute atomic E-state index is 12.4. The Balaban J connectivity index is 1.46. The number of pyridine rings is 1. The Kier molecular flexibility index (Phi) is 5.99. The zero-order valence-corrected chi connectivity index (χ0v) is 15.1. The molecule has 2 aromatic rings. The van der Waals surface area contributed by atoms with E-state index in [0.29, 0.717) is 17.3 Å². The van der Waals surface area contributed by atoms with Gasteiger partial charge in [0.1, 0.15) is 6.10 Å². The predicted molar refractivity (Wildman–Crippen MR) is 96.2 cm³/mol. The van der Waals surface area contributed by atoms with Crippen LogP contribution in [0.3, 0.4) is 0 Å². The summed E-state index contributed by atoms with van der Waals surface area (Å²) in [6.07, 6.45) is 10.1. The first-order valence-corrected chi connectivity index (χ1v) is 8.96. The Morgan fingerprint density at radius 2 is 1.88 bits per heavy atom. The number of carbonyl (C=O) groups excluding carboxylic acids is 1. The highest BCUT2D eigenvalue weighted by Gasteiger charge is 2.24. The van der Waals surface area contributed by atoms with E-state index in [-0.39, 0.29) is 24.2 Å². The average molecular weight is 356 g/mol. The summed E-state index contributed by atoms with van der Waals surface area (Å²) < 4.78 is 11.3. The number of amides is 1. The molecule has 138 valence electrons. The minimum Gasteiger partial charge on any atom is -0.475 e. The van der Waals surface area contributed by atoms with Crippen molar-refractivity contribution in [2.45, 2.75) is 57.8 Å². The molecule has 1 aliphatic carbocycles. The lowest BCUT2D eigenvalue weighted by atomic mass is 9.93. The van der Waals surface area contributed by atoms with Gasteiger partial charge in [0, 0.05) is 30.7 Å². The molecule has 3 rings (SSSR count). The molecule has 0 spiro atoms. The highest BCUT2D eigenvalue weighted by Crippen LogP contribution is 2.23. The molecule has 2 aromatic heterocycles. The molecule has 1 N–H and O–H groups in total. The highest BCUT2D eigenvalue weighted by atomic mass is 16.5. The minimum atomic E-state index is -0.105. The number of nitrogens with one attached hydrogen (secondary N) is 1. The van der Waals surface area contributed by atoms with Crippen LogP contribution >= 0.6 is 0 Å². The van der Waals surface area contributed by atoms with E-state index in [1.165, 1.54) is 0 Å². The van der Waals surface area contributed by atoms with Gasteiger partial charge in [0.15, 0.2) is 0 Å². The number of rotatable bonds is 6. The van der Waals surface area contributed by atoms with Crippen LogP contribution in [0.25, 0.3) is 0 Å². The van der Waals surface area contributed by atoms with Crippen molar-refractivity contribution in [2.24, 2.45) is 0 Å². The Morgan fingerprint density at radius 1 is 1.08 bits per heavy atom. The van der Waals surface area contributed by atoms with Gasteiger partial charge >= 0.3 is 0 Å². The predicted octanol–water partition coefficient (Wildman–Crippen LogP) is 2.78. The lowest BCUT2D eigenvalue weighted by Crippen LogP contribution is -2.39. The molecule has 1 fully saturated rings. The van der Waals surface area contributed by atoms with Gasteiger partial charge in [-0.3, -0.25) is 9.78 Å². The molecule has 2 heterocycles. The zero-order chi connectivity index (χ0) is 18.4. The van der Waals surface area contributed by atoms with Gasteiger partial charge in [-0.25, -0.2) is 9.97 Å². The van der Waals surface area contributed by atoms with E-state index in [9.17, 15) is 4.79 Å². The molecule has 26 heavy (non-hydrogen) atoms. The van der Waals surface area contributed by atoms with Crippen LogP contribution in [0.5, 0.6) is 11.8 Å². The minimum absolute atomic E-state index is 0.0569. The smallest absolute Gasteiger partial charge is 0.253 e. The molecule has 0 aliphatic heterocycles. The topological polar surface area (TPSA) is 86.2 Å². The van der Waals surface area contributed by atoms with E-state index >= 15 is 0 Å². The summed E-state index contributed by atoms with van der Waals surface area (Å²) in [5.74, 6) is 0.972. The molecule has 0 bridgehead atoms. The van der Waals surface area contributed by atoms with Crippen LogP contribution in [0.4, 0.5) is 0 Å². The molecule has 1 amide bonds. The molecule has 1 aliphatic rings. The van der Waals surface area contributed by atoms with E-state index in [2.05, 4.69) is 20.3 Å². The first-order valence-electron chi connectivity index (χ1n) is 8.96. The maximum Gasteiger partial charge on any atom is 0.253 e. The molecular formula is C19H24N4O3. The fourth-order valence-corrected chi connectivity index (χ4v) is 2.94. The molecule has 1 saturated carbocycles. The van der Waals surface area contributed by atoms with Crippen molar-refractivity contribution in [1.29, 1.82) is 0 Å². The van der Waals surface area contributed by atoms with E-state index in [4.69, 9.17) is 9.47 Å². The van der Waals surface area contributed by atoms with Gasteiger partial charge in [-0.1, -0.05) is 0 Å². The fraction of sp³-hybridized carbons (Fsp3) is 0.474. The average Bonchev–Trinajstić information content (AvgIpc) is 2.64. The van der Waals surface area contributed by atoms with E-state index in [1.807, 2.05) is 13.8 Å². The van der Waals surface area contributed by atoms with Crippen molar-refractivity contribution in [2.75, 3.05) is 0 Å². The third-order valence-electron chi connectivity index (χ3n) is 4.19. The van der Waals surface area contributed by atoms with Crippen LogP contribution in [0.2, 0.25) is 0 Å². The SMILES string of the molecule is CC(C)Oc1ccc(C(=O)NC2CCC(Oc3cnccn3)CC2)cn1. The van der Waals surface area contributed by atoms with Gasteiger partial charge in [-0.05, 0) is 45.6 Å². The van der Waals surface area contributed by atoms with Crippen molar-refractivity contribution in [3.05, 3.63) is 42.5 Å². The third-order valence-corrected chi connectivity index (χ3v) is 4.19. The number of carbonyl (C=O) groups is 1. The van der Waals surface area contributed by atoms with Crippen LogP contribution in [0.15, 0.2) is 36.9 Å². The molecule has 0 unspecified atom stereocenters. The van der Waals surface area contributed by atoms with Crippen LogP contribution in [-0.4, -0.2) is 39.1 Å². The summed E-state index contributed by atoms with van der Waals surface area (Å²) in [6, 6.07) is 3.61. The number of hydrogen-bond donors (Lipinski definition) is 1. The van der Waals surface area contributed by atoms with Gasteiger partial charge in [0.25, 0.3) is 5.91 Å². The Morgan fingerprint density at radius 3 is 2.50 bits per heavy atom. The van der Waals surface area contributed by atoms with Crippen molar-refractivity contribution in [1.82, 2.24) is 20.3 Å². The standard InChI is InChI=1S/C19H24N4O3/c1-13(2)25-17-8-3-14(11-22-17)19(24)23-15-4-6-16(7-5-15)26-18-12-20-9-10-21-18/h3,8-13,15-16H,4-7H2,1-2H3,(H,23,24). The summed E-state index contributed by atoms with van der Waals surface area (Å²) in [7, 11) is 0. The molecule has 0 saturated heterocycles. The highest BCUT2D eigenvalue weighted by molar-refractivity contribution is 5.94.